The molecular weight excluding hydrogens is 442 g/mol. The third-order valence-corrected chi connectivity index (χ3v) is 3.98. The van der Waals surface area contributed by atoms with Crippen molar-refractivity contribution in [1.82, 2.24) is 4.98 Å². The topological polar surface area (TPSA) is 68.0 Å². The van der Waals surface area contributed by atoms with Crippen molar-refractivity contribution in [3.63, 3.8) is 0 Å². The van der Waals surface area contributed by atoms with Gasteiger partial charge in [0.05, 0.1) is 5.69 Å². The standard InChI is InChI=1S/C12H8Br3N3O/c13-6-1-2-10(17-5-6)12(19)18-11-8(14)3-7(16)4-9(11)15/h1-5H,16H2,(H,18,19). The van der Waals surface area contributed by atoms with Gasteiger partial charge in [-0.3, -0.25) is 4.79 Å². The van der Waals surface area contributed by atoms with Gasteiger partial charge < -0.3 is 11.1 Å². The molecule has 0 saturated carbocycles. The third-order valence-electron chi connectivity index (χ3n) is 2.26. The van der Waals surface area contributed by atoms with Crippen molar-refractivity contribution < 1.29 is 4.79 Å². The molecule has 98 valence electrons. The van der Waals surface area contributed by atoms with Crippen LogP contribution in [0.2, 0.25) is 0 Å². The van der Waals surface area contributed by atoms with Crippen LogP contribution in [-0.2, 0) is 0 Å². The van der Waals surface area contributed by atoms with Gasteiger partial charge in [-0.1, -0.05) is 0 Å². The summed E-state index contributed by atoms with van der Waals surface area (Å²) in [7, 11) is 0. The van der Waals surface area contributed by atoms with Gasteiger partial charge >= 0.3 is 0 Å². The summed E-state index contributed by atoms with van der Waals surface area (Å²) in [6, 6.07) is 6.83. The van der Waals surface area contributed by atoms with Gasteiger partial charge in [-0.15, -0.1) is 0 Å². The van der Waals surface area contributed by atoms with E-state index in [9.17, 15) is 4.79 Å². The zero-order chi connectivity index (χ0) is 14.0. The van der Waals surface area contributed by atoms with Crippen molar-refractivity contribution in [2.45, 2.75) is 0 Å². The Bertz CT molecular complexity index is 606. The second-order valence-electron chi connectivity index (χ2n) is 3.68. The number of nitrogens with two attached hydrogens (primary N) is 1. The predicted octanol–water partition coefficient (Wildman–Crippen LogP) is 4.20. The Hall–Kier alpha value is -0.920. The van der Waals surface area contributed by atoms with Crippen LogP contribution in [0.1, 0.15) is 10.5 Å². The number of benzene rings is 1. The number of nitrogen functional groups attached to an aromatic ring is 1. The van der Waals surface area contributed by atoms with E-state index in [0.717, 1.165) is 4.47 Å². The minimum atomic E-state index is -0.293. The molecule has 1 aromatic carbocycles. The molecule has 1 heterocycles. The number of nitrogens with zero attached hydrogens (tertiary/aromatic N) is 1. The van der Waals surface area contributed by atoms with Crippen LogP contribution in [0.3, 0.4) is 0 Å². The molecule has 3 N–H and O–H groups in total. The SMILES string of the molecule is Nc1cc(Br)c(NC(=O)c2ccc(Br)cn2)c(Br)c1. The molecule has 19 heavy (non-hydrogen) atoms. The van der Waals surface area contributed by atoms with Gasteiger partial charge in [0, 0.05) is 25.3 Å². The Labute approximate surface area is 135 Å². The Balaban J connectivity index is 2.26. The maximum absolute atomic E-state index is 12.1. The normalized spacial score (nSPS) is 10.3. The second kappa shape index (κ2) is 6.02. The molecule has 0 aliphatic heterocycles. The van der Waals surface area contributed by atoms with Crippen LogP contribution in [0.4, 0.5) is 11.4 Å². The summed E-state index contributed by atoms with van der Waals surface area (Å²) < 4.78 is 2.22. The lowest BCUT2D eigenvalue weighted by atomic mass is 10.2. The largest absolute Gasteiger partial charge is 0.399 e. The van der Waals surface area contributed by atoms with E-state index < -0.39 is 0 Å². The molecule has 0 atom stereocenters. The summed E-state index contributed by atoms with van der Waals surface area (Å²) in [5.74, 6) is -0.293. The van der Waals surface area contributed by atoms with Gasteiger partial charge in [-0.05, 0) is 72.1 Å². The van der Waals surface area contributed by atoms with Gasteiger partial charge in [0.2, 0.25) is 0 Å². The molecule has 0 aliphatic rings. The summed E-state index contributed by atoms with van der Waals surface area (Å²) in [6.45, 7) is 0. The number of carbonyl (C=O) groups is 1. The highest BCUT2D eigenvalue weighted by molar-refractivity contribution is 9.11. The maximum atomic E-state index is 12.1. The van der Waals surface area contributed by atoms with Crippen molar-refractivity contribution in [3.05, 3.63) is 49.6 Å². The van der Waals surface area contributed by atoms with Crippen molar-refractivity contribution >= 4 is 65.1 Å². The van der Waals surface area contributed by atoms with E-state index in [1.54, 1.807) is 30.5 Å². The third kappa shape index (κ3) is 3.55. The Morgan fingerprint density at radius 3 is 2.32 bits per heavy atom. The van der Waals surface area contributed by atoms with Gasteiger partial charge in [-0.25, -0.2) is 4.98 Å². The maximum Gasteiger partial charge on any atom is 0.274 e. The number of anilines is 2. The first-order valence-corrected chi connectivity index (χ1v) is 7.52. The summed E-state index contributed by atoms with van der Waals surface area (Å²) in [6.07, 6.45) is 1.57. The molecule has 0 spiro atoms. The Morgan fingerprint density at radius 2 is 1.79 bits per heavy atom. The second-order valence-corrected chi connectivity index (χ2v) is 6.30. The van der Waals surface area contributed by atoms with Crippen LogP contribution in [0.25, 0.3) is 0 Å². The number of rotatable bonds is 2. The molecule has 2 rings (SSSR count). The monoisotopic (exact) mass is 447 g/mol. The average Bonchev–Trinajstić information content (AvgIpc) is 2.34. The molecule has 0 unspecified atom stereocenters. The quantitative estimate of drug-likeness (QED) is 0.675. The fourth-order valence-corrected chi connectivity index (χ4v) is 3.05. The van der Waals surface area contributed by atoms with Crippen LogP contribution in [0.5, 0.6) is 0 Å². The molecule has 0 aliphatic carbocycles. The van der Waals surface area contributed by atoms with Gasteiger partial charge in [-0.2, -0.15) is 0 Å². The van der Waals surface area contributed by atoms with Crippen molar-refractivity contribution in [2.24, 2.45) is 0 Å². The van der Waals surface area contributed by atoms with Crippen LogP contribution in [0.15, 0.2) is 43.9 Å². The van der Waals surface area contributed by atoms with E-state index >= 15 is 0 Å². The molecular formula is C12H8Br3N3O. The van der Waals surface area contributed by atoms with Gasteiger partial charge in [0.1, 0.15) is 5.69 Å². The molecule has 4 nitrogen and oxygen atoms in total. The molecule has 0 bridgehead atoms. The highest BCUT2D eigenvalue weighted by atomic mass is 79.9. The fraction of sp³-hybridized carbons (Fsp3) is 0. The van der Waals surface area contributed by atoms with Crippen LogP contribution in [-0.4, -0.2) is 10.9 Å². The lowest BCUT2D eigenvalue weighted by Gasteiger charge is -2.10. The summed E-state index contributed by atoms with van der Waals surface area (Å²) >= 11 is 9.99. The predicted molar refractivity (Wildman–Crippen MR) is 86.1 cm³/mol. The number of amides is 1. The van der Waals surface area contributed by atoms with Crippen molar-refractivity contribution in [3.8, 4) is 0 Å². The molecule has 0 saturated heterocycles. The van der Waals surface area contributed by atoms with Crippen LogP contribution in [0, 0.1) is 0 Å². The zero-order valence-corrected chi connectivity index (χ0v) is 14.2. The van der Waals surface area contributed by atoms with E-state index in [0.29, 0.717) is 26.0 Å². The number of hydrogen-bond donors (Lipinski definition) is 2. The lowest BCUT2D eigenvalue weighted by molar-refractivity contribution is 0.102. The van der Waals surface area contributed by atoms with E-state index in [2.05, 4.69) is 58.1 Å². The zero-order valence-electron chi connectivity index (χ0n) is 9.45. The number of hydrogen-bond acceptors (Lipinski definition) is 3. The molecule has 1 amide bonds. The number of carbonyl (C=O) groups excluding carboxylic acids is 1. The van der Waals surface area contributed by atoms with Crippen molar-refractivity contribution in [1.29, 1.82) is 0 Å². The number of pyridine rings is 1. The molecule has 0 radical (unpaired) electrons. The van der Waals surface area contributed by atoms with E-state index in [1.807, 2.05) is 0 Å². The molecule has 0 fully saturated rings. The smallest absolute Gasteiger partial charge is 0.274 e. The van der Waals surface area contributed by atoms with Crippen LogP contribution < -0.4 is 11.1 Å². The minimum Gasteiger partial charge on any atom is -0.399 e. The van der Waals surface area contributed by atoms with Gasteiger partial charge in [0.25, 0.3) is 5.91 Å². The summed E-state index contributed by atoms with van der Waals surface area (Å²) in [5.41, 5.74) is 7.24. The number of halogens is 3. The molecule has 2 aromatic rings. The summed E-state index contributed by atoms with van der Waals surface area (Å²) in [5, 5.41) is 2.78. The van der Waals surface area contributed by atoms with Crippen LogP contribution >= 0.6 is 47.8 Å². The molecule has 1 aromatic heterocycles. The Kier molecular flexibility index (Phi) is 4.59. The first kappa shape index (κ1) is 14.5. The van der Waals surface area contributed by atoms with E-state index in [-0.39, 0.29) is 5.91 Å². The van der Waals surface area contributed by atoms with Crippen molar-refractivity contribution in [2.75, 3.05) is 11.1 Å². The number of aromatic nitrogens is 1. The summed E-state index contributed by atoms with van der Waals surface area (Å²) in [4.78, 5) is 16.1. The minimum absolute atomic E-state index is 0.293. The highest BCUT2D eigenvalue weighted by Crippen LogP contribution is 2.33. The van der Waals surface area contributed by atoms with E-state index in [1.165, 1.54) is 0 Å². The van der Waals surface area contributed by atoms with Gasteiger partial charge in [0.15, 0.2) is 0 Å². The fourth-order valence-electron chi connectivity index (χ4n) is 1.40. The molecule has 7 heteroatoms. The lowest BCUT2D eigenvalue weighted by Crippen LogP contribution is -2.14. The average molecular weight is 450 g/mol. The Morgan fingerprint density at radius 1 is 1.16 bits per heavy atom. The first-order valence-electron chi connectivity index (χ1n) is 5.15. The first-order chi connectivity index (χ1) is 8.97. The van der Waals surface area contributed by atoms with E-state index in [4.69, 9.17) is 5.73 Å². The number of nitrogens with one attached hydrogen (secondary N) is 1. The highest BCUT2D eigenvalue weighted by Gasteiger charge is 2.12.